The van der Waals surface area contributed by atoms with Crippen LogP contribution in [0.3, 0.4) is 0 Å². The summed E-state index contributed by atoms with van der Waals surface area (Å²) in [6, 6.07) is 7.77. The molecular weight excluding hydrogens is 375 g/mol. The largest absolute Gasteiger partial charge is 0.490 e. The Morgan fingerprint density at radius 3 is 2.52 bits per heavy atom. The fourth-order valence-electron chi connectivity index (χ4n) is 2.77. The number of hydrogen-bond donors (Lipinski definition) is 1. The van der Waals surface area contributed by atoms with Gasteiger partial charge in [0.05, 0.1) is 6.61 Å². The number of nitrogens with one attached hydrogen (secondary N) is 1. The predicted molar refractivity (Wildman–Crippen MR) is 105 cm³/mol. The van der Waals surface area contributed by atoms with E-state index in [0.717, 1.165) is 12.8 Å². The average molecular weight is 400 g/mol. The van der Waals surface area contributed by atoms with Crippen LogP contribution in [0.15, 0.2) is 30.0 Å². The zero-order valence-electron chi connectivity index (χ0n) is 16.9. The van der Waals surface area contributed by atoms with Gasteiger partial charge in [-0.3, -0.25) is 0 Å². The average Bonchev–Trinajstić information content (AvgIpc) is 2.67. The van der Waals surface area contributed by atoms with Gasteiger partial charge in [0.25, 0.3) is 0 Å². The maximum absolute atomic E-state index is 14.2. The molecule has 29 heavy (non-hydrogen) atoms. The van der Waals surface area contributed by atoms with Crippen molar-refractivity contribution < 1.29 is 18.7 Å². The van der Waals surface area contributed by atoms with E-state index in [1.54, 1.807) is 23.1 Å². The molecule has 7 nitrogen and oxygen atoms in total. The monoisotopic (exact) mass is 400 g/mol. The topological polar surface area (TPSA) is 98.4 Å². The number of nitrogens with zero attached hydrogens (tertiary/aromatic N) is 3. The number of rotatable bonds is 5. The number of carbonyl (C=O) groups excluding carboxylic acids is 1. The molecule has 0 aromatic heterocycles. The number of hydrogen-bond acceptors (Lipinski definition) is 6. The molecule has 0 aliphatic carbocycles. The van der Waals surface area contributed by atoms with Gasteiger partial charge in [0, 0.05) is 31.0 Å². The van der Waals surface area contributed by atoms with Crippen LogP contribution in [-0.4, -0.2) is 36.3 Å². The van der Waals surface area contributed by atoms with Crippen LogP contribution in [0.1, 0.15) is 33.6 Å². The Labute approximate surface area is 170 Å². The molecule has 1 amide bonds. The molecule has 1 N–H and O–H groups in total. The van der Waals surface area contributed by atoms with Crippen LogP contribution >= 0.6 is 0 Å². The number of amides is 1. The van der Waals surface area contributed by atoms with Crippen molar-refractivity contribution in [2.24, 2.45) is 5.92 Å². The molecule has 1 saturated heterocycles. The molecule has 1 aliphatic heterocycles. The summed E-state index contributed by atoms with van der Waals surface area (Å²) in [6.45, 7) is 7.04. The Morgan fingerprint density at radius 1 is 1.31 bits per heavy atom. The molecule has 2 rings (SSSR count). The van der Waals surface area contributed by atoms with E-state index >= 15 is 0 Å². The lowest BCUT2D eigenvalue weighted by atomic mass is 9.98. The first-order valence-corrected chi connectivity index (χ1v) is 9.39. The van der Waals surface area contributed by atoms with E-state index in [4.69, 9.17) is 20.0 Å². The SMILES string of the molecule is CC(C)(C)OC(=O)N1CCC(COc2ccc(NC=C(C#N)C#N)cc2F)CC1. The van der Waals surface area contributed by atoms with Crippen molar-refractivity contribution in [3.63, 3.8) is 0 Å². The van der Waals surface area contributed by atoms with Crippen LogP contribution in [0.5, 0.6) is 5.75 Å². The van der Waals surface area contributed by atoms with E-state index in [2.05, 4.69) is 5.32 Å². The molecule has 0 atom stereocenters. The Bertz CT molecular complexity index is 825. The summed E-state index contributed by atoms with van der Waals surface area (Å²) < 4.78 is 25.2. The molecule has 0 unspecified atom stereocenters. The highest BCUT2D eigenvalue weighted by Crippen LogP contribution is 2.25. The number of nitriles is 2. The Balaban J connectivity index is 1.82. The summed E-state index contributed by atoms with van der Waals surface area (Å²) in [6.07, 6.45) is 2.43. The van der Waals surface area contributed by atoms with Crippen LogP contribution in [0, 0.1) is 34.4 Å². The second-order valence-corrected chi connectivity index (χ2v) is 7.79. The quantitative estimate of drug-likeness (QED) is 0.744. The Morgan fingerprint density at radius 2 is 1.97 bits per heavy atom. The third-order valence-electron chi connectivity index (χ3n) is 4.30. The molecule has 1 heterocycles. The van der Waals surface area contributed by atoms with Gasteiger partial charge in [0.1, 0.15) is 23.3 Å². The number of likely N-dealkylation sites (tertiary alicyclic amines) is 1. The van der Waals surface area contributed by atoms with Crippen molar-refractivity contribution in [2.75, 3.05) is 25.0 Å². The lowest BCUT2D eigenvalue weighted by Crippen LogP contribution is -2.42. The first-order chi connectivity index (χ1) is 13.7. The summed E-state index contributed by atoms with van der Waals surface area (Å²) in [5.41, 5.74) is -0.220. The van der Waals surface area contributed by atoms with E-state index in [0.29, 0.717) is 25.4 Å². The van der Waals surface area contributed by atoms with Crippen molar-refractivity contribution in [3.8, 4) is 17.9 Å². The molecule has 1 aliphatic rings. The van der Waals surface area contributed by atoms with Crippen LogP contribution < -0.4 is 10.1 Å². The third-order valence-corrected chi connectivity index (χ3v) is 4.30. The maximum atomic E-state index is 14.2. The number of benzene rings is 1. The molecule has 154 valence electrons. The van der Waals surface area contributed by atoms with Gasteiger partial charge in [-0.1, -0.05) is 0 Å². The Hall–Kier alpha value is -3.26. The minimum absolute atomic E-state index is 0.108. The van der Waals surface area contributed by atoms with Gasteiger partial charge in [-0.25, -0.2) is 9.18 Å². The molecule has 0 saturated carbocycles. The highest BCUT2D eigenvalue weighted by Gasteiger charge is 2.27. The molecule has 0 spiro atoms. The zero-order valence-corrected chi connectivity index (χ0v) is 16.9. The van der Waals surface area contributed by atoms with Crippen molar-refractivity contribution in [2.45, 2.75) is 39.2 Å². The fourth-order valence-corrected chi connectivity index (χ4v) is 2.77. The van der Waals surface area contributed by atoms with Crippen molar-refractivity contribution >= 4 is 11.8 Å². The van der Waals surface area contributed by atoms with Gasteiger partial charge in [-0.05, 0) is 51.7 Å². The van der Waals surface area contributed by atoms with E-state index < -0.39 is 11.4 Å². The van der Waals surface area contributed by atoms with Crippen LogP contribution in [-0.2, 0) is 4.74 Å². The summed E-state index contributed by atoms with van der Waals surface area (Å²) in [5, 5.41) is 20.1. The van der Waals surface area contributed by atoms with E-state index in [1.807, 2.05) is 20.8 Å². The predicted octanol–water partition coefficient (Wildman–Crippen LogP) is 4.19. The highest BCUT2D eigenvalue weighted by molar-refractivity contribution is 5.68. The summed E-state index contributed by atoms with van der Waals surface area (Å²) in [7, 11) is 0. The van der Waals surface area contributed by atoms with Crippen LogP contribution in [0.25, 0.3) is 0 Å². The van der Waals surface area contributed by atoms with Gasteiger partial charge in [0.2, 0.25) is 0 Å². The van der Waals surface area contributed by atoms with E-state index in [-0.39, 0.29) is 23.3 Å². The molecule has 1 aromatic rings. The molecule has 0 bridgehead atoms. The Kier molecular flexibility index (Phi) is 7.44. The van der Waals surface area contributed by atoms with Crippen molar-refractivity contribution in [1.29, 1.82) is 10.5 Å². The van der Waals surface area contributed by atoms with Crippen molar-refractivity contribution in [1.82, 2.24) is 4.90 Å². The third kappa shape index (κ3) is 7.00. The highest BCUT2D eigenvalue weighted by atomic mass is 19.1. The lowest BCUT2D eigenvalue weighted by molar-refractivity contribution is 0.0164. The number of allylic oxidation sites excluding steroid dienone is 1. The maximum Gasteiger partial charge on any atom is 0.410 e. The first-order valence-electron chi connectivity index (χ1n) is 9.39. The van der Waals surface area contributed by atoms with Gasteiger partial charge >= 0.3 is 6.09 Å². The molecule has 1 fully saturated rings. The molecule has 1 aromatic carbocycles. The smallest absolute Gasteiger partial charge is 0.410 e. The number of anilines is 1. The minimum Gasteiger partial charge on any atom is -0.490 e. The minimum atomic E-state index is -0.537. The van der Waals surface area contributed by atoms with Gasteiger partial charge in [0.15, 0.2) is 11.6 Å². The van der Waals surface area contributed by atoms with Crippen molar-refractivity contribution in [3.05, 3.63) is 35.8 Å². The molecular formula is C21H25FN4O3. The van der Waals surface area contributed by atoms with Crippen LogP contribution in [0.2, 0.25) is 0 Å². The fraction of sp³-hybridized carbons (Fsp3) is 0.476. The number of ether oxygens (including phenoxy) is 2. The molecule has 8 heteroatoms. The summed E-state index contributed by atoms with van der Waals surface area (Å²) in [4.78, 5) is 13.8. The second kappa shape index (κ2) is 9.79. The van der Waals surface area contributed by atoms with Crippen LogP contribution in [0.4, 0.5) is 14.9 Å². The van der Waals surface area contributed by atoms with Gasteiger partial charge < -0.3 is 19.7 Å². The molecule has 0 radical (unpaired) electrons. The van der Waals surface area contributed by atoms with E-state index in [1.165, 1.54) is 18.3 Å². The number of piperidine rings is 1. The summed E-state index contributed by atoms with van der Waals surface area (Å²) in [5.74, 6) is -0.178. The zero-order chi connectivity index (χ0) is 21.4. The standard InChI is InChI=1S/C21H25FN4O3/c1-21(2,3)29-20(27)26-8-6-15(7-9-26)14-28-19-5-4-17(10-18(19)22)25-13-16(11-23)12-24/h4-5,10,13,15,25H,6-9,14H2,1-3H3. The summed E-state index contributed by atoms with van der Waals surface area (Å²) >= 11 is 0. The number of halogens is 1. The number of carbonyl (C=O) groups is 1. The second-order valence-electron chi connectivity index (χ2n) is 7.79. The lowest BCUT2D eigenvalue weighted by Gasteiger charge is -2.33. The van der Waals surface area contributed by atoms with Gasteiger partial charge in [-0.2, -0.15) is 10.5 Å². The normalized spacial score (nSPS) is 14.3. The van der Waals surface area contributed by atoms with Gasteiger partial charge in [-0.15, -0.1) is 0 Å². The van der Waals surface area contributed by atoms with E-state index in [9.17, 15) is 9.18 Å². The first kappa shape index (κ1) is 22.0.